The summed E-state index contributed by atoms with van der Waals surface area (Å²) in [7, 11) is 3.57. The van der Waals surface area contributed by atoms with Crippen molar-refractivity contribution in [2.45, 2.75) is 226 Å². The lowest BCUT2D eigenvalue weighted by molar-refractivity contribution is -0.160. The first-order valence-corrected chi connectivity index (χ1v) is 45.7. The number of nitrogens with one attached hydrogen (secondary N) is 5. The molecule has 6 aliphatic heterocycles. The number of primary amides is 1. The molecule has 8 heterocycles. The summed E-state index contributed by atoms with van der Waals surface area (Å²) >= 11 is 0. The molecule has 2 aromatic heterocycles. The molecule has 0 unspecified atom stereocenters. The van der Waals surface area contributed by atoms with Gasteiger partial charge >= 0.3 is 23.8 Å². The van der Waals surface area contributed by atoms with Crippen LogP contribution in [0.5, 0.6) is 17.2 Å². The Kier molecular flexibility index (Phi) is 28.8. The first-order chi connectivity index (χ1) is 63.2. The minimum Gasteiger partial charge on any atom is -0.507 e. The van der Waals surface area contributed by atoms with Crippen LogP contribution in [0.25, 0.3) is 38.8 Å². The van der Waals surface area contributed by atoms with E-state index in [0.717, 1.165) is 48.8 Å². The lowest BCUT2D eigenvalue weighted by atomic mass is 9.78. The number of aliphatic hydroxyl groups is 2. The Morgan fingerprint density at radius 1 is 0.827 bits per heavy atom. The third-order valence-corrected chi connectivity index (χ3v) is 27.9. The van der Waals surface area contributed by atoms with Gasteiger partial charge in [0.25, 0.3) is 29.1 Å². The molecular weight excluding hydrogens is 1720 g/mol. The predicted octanol–water partition coefficient (Wildman–Crippen LogP) is 10.6. The number of allylic oxidation sites excluding steroid dienone is 2. The molecule has 9 aliphatic rings. The summed E-state index contributed by atoms with van der Waals surface area (Å²) in [6.45, 7) is 19.8. The molecule has 710 valence electrons. The summed E-state index contributed by atoms with van der Waals surface area (Å²) < 4.78 is 56.4. The van der Waals surface area contributed by atoms with Gasteiger partial charge in [-0.3, -0.25) is 62.1 Å². The number of urea groups is 1. The molecule has 4 bridgehead atoms. The number of phenols is 1. The molecule has 0 spiro atoms. The molecule has 3 aromatic carbocycles. The molecule has 14 rings (SSSR count). The largest absolute Gasteiger partial charge is 0.507 e. The number of aromatic carboxylic acids is 1. The van der Waals surface area contributed by atoms with Gasteiger partial charge in [0.2, 0.25) is 23.2 Å². The van der Waals surface area contributed by atoms with E-state index in [1.54, 1.807) is 90.1 Å². The highest BCUT2D eigenvalue weighted by atomic mass is 19.1. The Hall–Kier alpha value is -12.6. The van der Waals surface area contributed by atoms with E-state index in [0.29, 0.717) is 92.0 Å². The fourth-order valence-electron chi connectivity index (χ4n) is 19.8. The standard InChI is InChI=1S/C98H119FN12O22/c1-49(2)77(104-71(113)22-15-14-16-38-110-72(114)29-30-73(110)115)93(123)103-67(21-18-37-101-96(100)127)92(122)102-61-27-23-58(24-28-61)48-129-69-43-63(108-40-32-62(33-41-108)107(12)98(35-36-98)60-31-39-109(46-60)82-53(6)81-64(59-25-26-59)45-65(95(125)126)94(124)111(81)47-66(82)99)44-70-78(69)105-79-74-75-85(118)56(9)88-76(74)90(120)97(11,133-88)130-42-34-68(128-13)52(5)87(131-57(10)112)55(8)84(117)54(7)83(116)50(3)19-17-20-51(4)91(121)106-80(86(75)119)89(79)132-70/h17,19-20,23-24,27-30,34,42-45,47,49-50,52,54-55,59-60,62,67-68,77,83-84,87,116-118H,14-16,18,21-22,25-26,31-33,35-41,46,48H2,1-13H3,(H,102,122)(H,103,123)(H,104,113)(H,106,121)(H,125,126)(H3,100,101,127)/b19-17+,42-34+,51-20-/t50-,52+,54+,55+,60-,67-,68-,77-,83-,84+,87+,97-/m0/s1. The lowest BCUT2D eigenvalue weighted by Crippen LogP contribution is -2.54. The fraction of sp³-hybridized carbons (Fsp3) is 0.500. The number of carbonyl (C=O) groups is 10. The van der Waals surface area contributed by atoms with Crippen molar-refractivity contribution in [1.29, 1.82) is 0 Å². The number of carboxylic acid groups (broad SMARTS) is 1. The maximum absolute atomic E-state index is 16.7. The molecule has 2 saturated heterocycles. The van der Waals surface area contributed by atoms with Crippen LogP contribution in [0.2, 0.25) is 0 Å². The van der Waals surface area contributed by atoms with Crippen LogP contribution in [0.3, 0.4) is 0 Å². The van der Waals surface area contributed by atoms with E-state index in [1.165, 1.54) is 75.8 Å². The number of piperidine rings is 1. The Labute approximate surface area is 768 Å². The molecule has 0 radical (unpaired) electrons. The van der Waals surface area contributed by atoms with E-state index in [9.17, 15) is 68.4 Å². The predicted molar refractivity (Wildman–Crippen MR) is 493 cm³/mol. The highest BCUT2D eigenvalue weighted by molar-refractivity contribution is 6.23. The smallest absolute Gasteiger partial charge is 0.341 e. The van der Waals surface area contributed by atoms with Gasteiger partial charge in [-0.05, 0) is 157 Å². The van der Waals surface area contributed by atoms with Crippen LogP contribution >= 0.6 is 0 Å². The van der Waals surface area contributed by atoms with Gasteiger partial charge in [0, 0.05) is 154 Å². The van der Waals surface area contributed by atoms with Crippen LogP contribution in [0, 0.1) is 55.2 Å². The van der Waals surface area contributed by atoms with Crippen LogP contribution in [0.1, 0.15) is 195 Å². The van der Waals surface area contributed by atoms with Crippen molar-refractivity contribution < 1.29 is 101 Å². The molecule has 35 heteroatoms. The van der Waals surface area contributed by atoms with Crippen molar-refractivity contribution in [3.05, 3.63) is 157 Å². The van der Waals surface area contributed by atoms with Crippen molar-refractivity contribution >= 4 is 109 Å². The molecule has 8 amide bonds. The van der Waals surface area contributed by atoms with Crippen LogP contribution < -0.4 is 62.6 Å². The zero-order valence-corrected chi connectivity index (χ0v) is 77.2. The monoisotopic (exact) mass is 1830 g/mol. The zero-order valence-electron chi connectivity index (χ0n) is 77.2. The number of hydrogen-bond acceptors (Lipinski definition) is 25. The second-order valence-electron chi connectivity index (χ2n) is 37.2. The maximum Gasteiger partial charge on any atom is 0.341 e. The minimum atomic E-state index is -2.24. The van der Waals surface area contributed by atoms with Gasteiger partial charge in [0.15, 0.2) is 22.9 Å². The normalized spacial score (nSPS) is 24.2. The van der Waals surface area contributed by atoms with Crippen LogP contribution in [0.15, 0.2) is 111 Å². The Morgan fingerprint density at radius 2 is 1.53 bits per heavy atom. The Bertz CT molecular complexity index is 5970. The number of methoxy groups -OCH3 is 1. The minimum absolute atomic E-state index is 0.0285. The van der Waals surface area contributed by atoms with Crippen molar-refractivity contribution in [3.63, 3.8) is 0 Å². The second-order valence-corrected chi connectivity index (χ2v) is 37.2. The number of fused-ring (bicyclic) bond motifs is 3. The third-order valence-electron chi connectivity index (χ3n) is 27.9. The number of esters is 1. The SMILES string of the molecule is CO[C@H]1/C=C/O[C@@]2(C)Oc3c(C)c(O)c4c(=O)c(c5oc6cc(N7CCC(N(C)C8([C@H]9CCN(c%10c(F)cn%11c(=O)c(C(=O)O)cc(C%12CC%12)c%11c%10C)C9)CC8)CC7)cc(OCc7ccc(NC(=O)[C@H](CCCNC(N)=O)NC(=O)[C@@H](NC(=O)CCCCCN8C(=O)C=CC8=O)C(C)C)cc7)c6nc-5c4c3C2=O)NC(=O)/C(C)=C\C=C\[C@H](C)[C@H](O)[C@@H](C)[C@@H](O)[C@@H](C)[C@H](OC(C)=O)[C@@H]1C. The topological polar surface area (TPSA) is 461 Å². The fourth-order valence-corrected chi connectivity index (χ4v) is 19.8. The highest BCUT2D eigenvalue weighted by Gasteiger charge is 2.57. The van der Waals surface area contributed by atoms with Gasteiger partial charge in [-0.1, -0.05) is 78.3 Å². The number of aryl methyl sites for hydroxylation is 1. The number of nitrogens with zero attached hydrogens (tertiary/aromatic N) is 6. The average Bonchev–Trinajstić information content (AvgIpc) is 1.57. The lowest BCUT2D eigenvalue weighted by Gasteiger charge is -2.43. The van der Waals surface area contributed by atoms with Crippen molar-refractivity contribution in [2.24, 2.45) is 41.2 Å². The molecule has 5 aromatic rings. The number of pyridine rings is 2. The van der Waals surface area contributed by atoms with Crippen molar-refractivity contribution in [3.8, 4) is 28.7 Å². The first kappa shape index (κ1) is 96.5. The number of nitrogens with two attached hydrogens (primary N) is 1. The molecule has 133 heavy (non-hydrogen) atoms. The second kappa shape index (κ2) is 39.7. The van der Waals surface area contributed by atoms with E-state index in [4.69, 9.17) is 38.8 Å². The van der Waals surface area contributed by atoms with E-state index in [1.807, 2.05) is 6.92 Å². The van der Waals surface area contributed by atoms with E-state index < -0.39 is 170 Å². The number of hydrogen-bond donors (Lipinski definition) is 10. The number of anilines is 4. The van der Waals surface area contributed by atoms with Gasteiger partial charge < -0.3 is 90.6 Å². The number of Topliss-reactive ketones (excluding diaryl/α,β-unsaturated/α-hetero) is 1. The van der Waals surface area contributed by atoms with Crippen molar-refractivity contribution in [1.82, 2.24) is 35.1 Å². The molecule has 12 atom stereocenters. The van der Waals surface area contributed by atoms with Crippen LogP contribution in [-0.2, 0) is 54.4 Å². The van der Waals surface area contributed by atoms with Crippen molar-refractivity contribution in [2.75, 3.05) is 73.9 Å². The van der Waals surface area contributed by atoms with Gasteiger partial charge in [-0.25, -0.2) is 19.0 Å². The number of unbranched alkanes of at least 4 members (excludes halogenated alkanes) is 2. The number of phenolic OH excluding ortho intramolecular Hbond substituents is 1. The number of ketones is 1. The van der Waals surface area contributed by atoms with Gasteiger partial charge in [-0.15, -0.1) is 0 Å². The summed E-state index contributed by atoms with van der Waals surface area (Å²) in [5, 5.41) is 59.3. The number of halogens is 1. The number of amides is 8. The van der Waals surface area contributed by atoms with Gasteiger partial charge in [0.1, 0.15) is 58.8 Å². The number of aliphatic hydroxyl groups excluding tert-OH is 2. The zero-order chi connectivity index (χ0) is 95.8. The van der Waals surface area contributed by atoms with Gasteiger partial charge in [-0.2, -0.15) is 0 Å². The number of rotatable bonds is 28. The van der Waals surface area contributed by atoms with E-state index in [2.05, 4.69) is 48.3 Å². The number of imide groups is 1. The van der Waals surface area contributed by atoms with E-state index in [-0.39, 0.29) is 119 Å². The summed E-state index contributed by atoms with van der Waals surface area (Å²) in [6, 6.07) is 8.67. The maximum atomic E-state index is 16.7. The number of aromatic nitrogens is 2. The summed E-state index contributed by atoms with van der Waals surface area (Å²) in [4.78, 5) is 176. The first-order valence-electron chi connectivity index (χ1n) is 45.7. The van der Waals surface area contributed by atoms with Crippen LogP contribution in [-0.4, -0.2) is 206 Å². The molecule has 34 nitrogen and oxygen atoms in total. The molecule has 4 fully saturated rings. The average molecular weight is 1840 g/mol. The highest BCUT2D eigenvalue weighted by Crippen LogP contribution is 2.55. The Balaban J connectivity index is 0.794. The molecule has 2 saturated carbocycles. The summed E-state index contributed by atoms with van der Waals surface area (Å²) in [6.07, 6.45) is 13.8. The van der Waals surface area contributed by atoms with Gasteiger partial charge in [0.05, 0.1) is 52.9 Å². The number of benzene rings is 4. The number of aromatic hydroxyl groups is 1. The number of ether oxygens (including phenoxy) is 5. The summed E-state index contributed by atoms with van der Waals surface area (Å²) in [5.74, 6) is -13.1. The molecule has 3 aliphatic carbocycles. The Morgan fingerprint density at radius 3 is 2.18 bits per heavy atom. The quantitative estimate of drug-likeness (QED) is 0.00716. The van der Waals surface area contributed by atoms with E-state index >= 15 is 14.0 Å². The molecular formula is C98H119FN12O22. The number of carbonyl (C=O) groups excluding carboxylic acids is 9. The number of carboxylic acids is 1. The third kappa shape index (κ3) is 19.9. The molecule has 11 N–H and O–H groups in total. The summed E-state index contributed by atoms with van der Waals surface area (Å²) in [5.41, 5.74) is 5.93. The van der Waals surface area contributed by atoms with Crippen LogP contribution in [0.4, 0.5) is 31.9 Å².